The summed E-state index contributed by atoms with van der Waals surface area (Å²) < 4.78 is 0. The van der Waals surface area contributed by atoms with E-state index in [0.29, 0.717) is 0 Å². The number of rotatable bonds is 1. The molecule has 0 spiro atoms. The fraction of sp³-hybridized carbons (Fsp3) is 0. The number of hydrogen-bond donors (Lipinski definition) is 1. The van der Waals surface area contributed by atoms with Gasteiger partial charge in [0.1, 0.15) is 0 Å². The van der Waals surface area contributed by atoms with Gasteiger partial charge in [0, 0.05) is 11.6 Å². The predicted molar refractivity (Wildman–Crippen MR) is 49.3 cm³/mol. The number of fused-ring (bicyclic) bond motifs is 1. The zero-order valence-corrected chi connectivity index (χ0v) is 6.44. The molecule has 0 saturated heterocycles. The minimum Gasteiger partial charge on any atom is -0.450 e. The van der Waals surface area contributed by atoms with E-state index >= 15 is 0 Å². The number of hydrogen-bond acceptors (Lipinski definition) is 2. The van der Waals surface area contributed by atoms with Crippen LogP contribution in [0.3, 0.4) is 0 Å². The van der Waals surface area contributed by atoms with Gasteiger partial charge in [0.15, 0.2) is 0 Å². The SMILES string of the molecule is O[B]c1ccc2cccnc2c1. The van der Waals surface area contributed by atoms with Crippen molar-refractivity contribution in [2.24, 2.45) is 0 Å². The lowest BCUT2D eigenvalue weighted by atomic mass is 9.88. The molecule has 0 saturated carbocycles. The van der Waals surface area contributed by atoms with E-state index in [9.17, 15) is 0 Å². The van der Waals surface area contributed by atoms with Crippen molar-refractivity contribution in [1.82, 2.24) is 4.98 Å². The Morgan fingerprint density at radius 2 is 2.17 bits per heavy atom. The van der Waals surface area contributed by atoms with Crippen LogP contribution >= 0.6 is 0 Å². The van der Waals surface area contributed by atoms with Crippen LogP contribution < -0.4 is 5.46 Å². The molecule has 2 rings (SSSR count). The quantitative estimate of drug-likeness (QED) is 0.608. The van der Waals surface area contributed by atoms with Crippen molar-refractivity contribution in [1.29, 1.82) is 0 Å². The van der Waals surface area contributed by atoms with Crippen LogP contribution in [-0.2, 0) is 0 Å². The molecule has 1 N–H and O–H groups in total. The topological polar surface area (TPSA) is 33.1 Å². The van der Waals surface area contributed by atoms with E-state index < -0.39 is 0 Å². The summed E-state index contributed by atoms with van der Waals surface area (Å²) in [6.07, 6.45) is 1.74. The maximum Gasteiger partial charge on any atom is 0.326 e. The molecule has 1 aromatic carbocycles. The highest BCUT2D eigenvalue weighted by atomic mass is 16.2. The molecule has 0 bridgehead atoms. The van der Waals surface area contributed by atoms with E-state index in [4.69, 9.17) is 5.02 Å². The van der Waals surface area contributed by atoms with E-state index in [2.05, 4.69) is 4.98 Å². The molecule has 2 aromatic rings. The number of aromatic nitrogens is 1. The first kappa shape index (κ1) is 7.31. The molecular formula is C9H7BNO. The van der Waals surface area contributed by atoms with Crippen LogP contribution in [0, 0.1) is 0 Å². The molecule has 12 heavy (non-hydrogen) atoms. The zero-order valence-electron chi connectivity index (χ0n) is 6.44. The summed E-state index contributed by atoms with van der Waals surface area (Å²) in [5.74, 6) is 0. The van der Waals surface area contributed by atoms with Gasteiger partial charge in [-0.2, -0.15) is 0 Å². The average Bonchev–Trinajstić information content (AvgIpc) is 2.17. The number of pyridine rings is 1. The van der Waals surface area contributed by atoms with Gasteiger partial charge in [-0.05, 0) is 12.1 Å². The predicted octanol–water partition coefficient (Wildman–Crippen LogP) is 0.472. The van der Waals surface area contributed by atoms with Crippen LogP contribution in [0.2, 0.25) is 0 Å². The Hall–Kier alpha value is -1.35. The van der Waals surface area contributed by atoms with Crippen molar-refractivity contribution >= 4 is 23.8 Å². The van der Waals surface area contributed by atoms with Crippen LogP contribution in [0.5, 0.6) is 0 Å². The average molecular weight is 156 g/mol. The Morgan fingerprint density at radius 1 is 1.25 bits per heavy atom. The fourth-order valence-corrected chi connectivity index (χ4v) is 1.16. The van der Waals surface area contributed by atoms with Gasteiger partial charge >= 0.3 is 7.48 Å². The molecule has 2 nitrogen and oxygen atoms in total. The summed E-state index contributed by atoms with van der Waals surface area (Å²) in [5.41, 5.74) is 1.68. The maximum absolute atomic E-state index is 8.74. The highest BCUT2D eigenvalue weighted by Crippen LogP contribution is 2.06. The Bertz CT molecular complexity index is 402. The third kappa shape index (κ3) is 1.19. The molecule has 57 valence electrons. The first-order valence-electron chi connectivity index (χ1n) is 3.72. The lowest BCUT2D eigenvalue weighted by molar-refractivity contribution is 0.615. The Kier molecular flexibility index (Phi) is 1.80. The van der Waals surface area contributed by atoms with Gasteiger partial charge in [0.25, 0.3) is 0 Å². The van der Waals surface area contributed by atoms with E-state index in [-0.39, 0.29) is 0 Å². The van der Waals surface area contributed by atoms with E-state index in [1.54, 1.807) is 6.20 Å². The summed E-state index contributed by atoms with van der Waals surface area (Å²) >= 11 is 0. The lowest BCUT2D eigenvalue weighted by Gasteiger charge is -1.97. The molecule has 1 aromatic heterocycles. The second-order valence-electron chi connectivity index (χ2n) is 2.58. The van der Waals surface area contributed by atoms with Gasteiger partial charge in [0.2, 0.25) is 0 Å². The highest BCUT2D eigenvalue weighted by molar-refractivity contribution is 6.45. The second kappa shape index (κ2) is 2.95. The number of nitrogens with zero attached hydrogens (tertiary/aromatic N) is 1. The molecule has 0 amide bonds. The standard InChI is InChI=1S/C9H7BNO/c12-10-8-4-3-7-2-1-5-11-9(7)6-8/h1-6,12H. The molecular weight excluding hydrogens is 149 g/mol. The van der Waals surface area contributed by atoms with Crippen LogP contribution in [0.25, 0.3) is 10.9 Å². The normalized spacial score (nSPS) is 10.1. The molecule has 0 aliphatic rings. The minimum atomic E-state index is 0.779. The molecule has 1 radical (unpaired) electrons. The van der Waals surface area contributed by atoms with Gasteiger partial charge in [-0.15, -0.1) is 0 Å². The monoisotopic (exact) mass is 156 g/mol. The Labute approximate surface area is 71.1 Å². The van der Waals surface area contributed by atoms with Crippen LogP contribution in [0.15, 0.2) is 36.5 Å². The Balaban J connectivity index is 2.67. The van der Waals surface area contributed by atoms with Crippen molar-refractivity contribution in [3.63, 3.8) is 0 Å². The molecule has 0 atom stereocenters. The molecule has 3 heteroatoms. The molecule has 0 fully saturated rings. The largest absolute Gasteiger partial charge is 0.450 e. The van der Waals surface area contributed by atoms with Crippen LogP contribution in [0.1, 0.15) is 0 Å². The third-order valence-corrected chi connectivity index (χ3v) is 1.78. The smallest absolute Gasteiger partial charge is 0.326 e. The maximum atomic E-state index is 8.74. The van der Waals surface area contributed by atoms with Crippen molar-refractivity contribution in [3.05, 3.63) is 36.5 Å². The van der Waals surface area contributed by atoms with Crippen LogP contribution in [-0.4, -0.2) is 17.5 Å². The van der Waals surface area contributed by atoms with Crippen molar-refractivity contribution in [2.45, 2.75) is 0 Å². The highest BCUT2D eigenvalue weighted by Gasteiger charge is 1.95. The Morgan fingerprint density at radius 3 is 3.00 bits per heavy atom. The van der Waals surface area contributed by atoms with Gasteiger partial charge in [-0.25, -0.2) is 0 Å². The molecule has 0 aliphatic carbocycles. The van der Waals surface area contributed by atoms with Gasteiger partial charge in [-0.3, -0.25) is 4.98 Å². The summed E-state index contributed by atoms with van der Waals surface area (Å²) in [4.78, 5) is 4.16. The first-order valence-corrected chi connectivity index (χ1v) is 3.72. The minimum absolute atomic E-state index is 0.779. The van der Waals surface area contributed by atoms with Gasteiger partial charge in [-0.1, -0.05) is 23.7 Å². The molecule has 0 unspecified atom stereocenters. The zero-order chi connectivity index (χ0) is 8.39. The van der Waals surface area contributed by atoms with Crippen molar-refractivity contribution in [2.75, 3.05) is 0 Å². The van der Waals surface area contributed by atoms with Crippen molar-refractivity contribution in [3.8, 4) is 0 Å². The summed E-state index contributed by atoms with van der Waals surface area (Å²) in [6, 6.07) is 9.51. The van der Waals surface area contributed by atoms with Crippen molar-refractivity contribution < 1.29 is 5.02 Å². The summed E-state index contributed by atoms with van der Waals surface area (Å²) in [7, 11) is 1.08. The van der Waals surface area contributed by atoms with E-state index in [0.717, 1.165) is 23.8 Å². The fourth-order valence-electron chi connectivity index (χ4n) is 1.16. The number of benzene rings is 1. The first-order chi connectivity index (χ1) is 5.90. The van der Waals surface area contributed by atoms with Gasteiger partial charge in [0.05, 0.1) is 5.52 Å². The molecule has 1 heterocycles. The van der Waals surface area contributed by atoms with E-state index in [1.807, 2.05) is 30.3 Å². The summed E-state index contributed by atoms with van der Waals surface area (Å²) in [5, 5.41) is 9.83. The third-order valence-electron chi connectivity index (χ3n) is 1.78. The lowest BCUT2D eigenvalue weighted by Crippen LogP contribution is -2.12. The second-order valence-corrected chi connectivity index (χ2v) is 2.58. The van der Waals surface area contributed by atoms with E-state index in [1.165, 1.54) is 0 Å². The summed E-state index contributed by atoms with van der Waals surface area (Å²) in [6.45, 7) is 0. The molecule has 0 aliphatic heterocycles. The van der Waals surface area contributed by atoms with Crippen LogP contribution in [0.4, 0.5) is 0 Å². The van der Waals surface area contributed by atoms with Gasteiger partial charge < -0.3 is 5.02 Å².